The molecule has 1 heterocycles. The van der Waals surface area contributed by atoms with E-state index in [9.17, 15) is 14.7 Å². The van der Waals surface area contributed by atoms with Gasteiger partial charge in [-0.1, -0.05) is 25.5 Å². The second-order valence-electron chi connectivity index (χ2n) is 6.28. The van der Waals surface area contributed by atoms with Crippen molar-refractivity contribution in [3.63, 3.8) is 0 Å². The fourth-order valence-electron chi connectivity index (χ4n) is 2.75. The highest BCUT2D eigenvalue weighted by Gasteiger charge is 2.32. The maximum absolute atomic E-state index is 12.9. The molecule has 0 aliphatic carbocycles. The Morgan fingerprint density at radius 1 is 1.29 bits per heavy atom. The second kappa shape index (κ2) is 8.58. The van der Waals surface area contributed by atoms with Gasteiger partial charge in [0.25, 0.3) is 0 Å². The number of ketones is 1. The molecule has 7 heteroatoms. The van der Waals surface area contributed by atoms with Crippen LogP contribution in [0.1, 0.15) is 40.5 Å². The molecule has 1 aliphatic heterocycles. The van der Waals surface area contributed by atoms with Crippen LogP contribution in [-0.4, -0.2) is 34.9 Å². The van der Waals surface area contributed by atoms with E-state index in [4.69, 9.17) is 14.6 Å². The Morgan fingerprint density at radius 2 is 2.07 bits per heavy atom. The lowest BCUT2D eigenvalue weighted by Crippen LogP contribution is -2.33. The number of para-hydroxylation sites is 1. The van der Waals surface area contributed by atoms with Crippen LogP contribution in [0.5, 0.6) is 11.5 Å². The Bertz CT molecular complexity index is 921. The summed E-state index contributed by atoms with van der Waals surface area (Å²) in [6.07, 6.45) is 2.36. The minimum absolute atomic E-state index is 0.229. The number of rotatable bonds is 7. The van der Waals surface area contributed by atoms with Crippen LogP contribution in [0.3, 0.4) is 0 Å². The quantitative estimate of drug-likeness (QED) is 0.379. The summed E-state index contributed by atoms with van der Waals surface area (Å²) < 4.78 is 11.6. The van der Waals surface area contributed by atoms with Gasteiger partial charge in [0, 0.05) is 11.9 Å². The van der Waals surface area contributed by atoms with E-state index in [0.29, 0.717) is 23.6 Å². The number of hydrogen-bond donors (Lipinski definition) is 3. The minimum Gasteiger partial charge on any atom is -0.507 e. The van der Waals surface area contributed by atoms with Gasteiger partial charge in [0.1, 0.15) is 17.1 Å². The third kappa shape index (κ3) is 4.15. The zero-order chi connectivity index (χ0) is 20.1. The molecule has 146 valence electrons. The lowest BCUT2D eigenvalue weighted by Gasteiger charge is -2.27. The summed E-state index contributed by atoms with van der Waals surface area (Å²) in [7, 11) is 0. The molecule has 1 aliphatic rings. The Kier molecular flexibility index (Phi) is 5.96. The van der Waals surface area contributed by atoms with Gasteiger partial charge in [0.2, 0.25) is 6.29 Å². The number of Topliss-reactive ketones (excluding diaryl/α,β-unsaturated/α-hetero) is 1. The fourth-order valence-corrected chi connectivity index (χ4v) is 2.75. The maximum atomic E-state index is 12.9. The number of carbonyl (C=O) groups is 2. The van der Waals surface area contributed by atoms with Gasteiger partial charge in [-0.2, -0.15) is 0 Å². The number of benzene rings is 2. The summed E-state index contributed by atoms with van der Waals surface area (Å²) in [5.41, 5.74) is 0.875. The van der Waals surface area contributed by atoms with Crippen LogP contribution in [0, 0.1) is 0 Å². The number of nitrogens with one attached hydrogen (secondary N) is 1. The second-order valence-corrected chi connectivity index (χ2v) is 6.28. The molecule has 0 aromatic heterocycles. The molecule has 1 atom stereocenters. The molecule has 0 spiro atoms. The van der Waals surface area contributed by atoms with E-state index in [1.807, 2.05) is 6.92 Å². The predicted molar refractivity (Wildman–Crippen MR) is 103 cm³/mol. The van der Waals surface area contributed by atoms with Crippen molar-refractivity contribution in [2.24, 2.45) is 0 Å². The van der Waals surface area contributed by atoms with Gasteiger partial charge in [-0.25, -0.2) is 4.79 Å². The van der Waals surface area contributed by atoms with Gasteiger partial charge in [0.05, 0.1) is 17.7 Å². The lowest BCUT2D eigenvalue weighted by molar-refractivity contribution is -0.0570. The number of aromatic hydroxyl groups is 1. The number of anilines is 1. The molecular weight excluding hydrogens is 362 g/mol. The van der Waals surface area contributed by atoms with E-state index in [-0.39, 0.29) is 22.7 Å². The molecule has 0 saturated carbocycles. The van der Waals surface area contributed by atoms with Crippen molar-refractivity contribution in [2.75, 3.05) is 11.9 Å². The fraction of sp³-hybridized carbons (Fsp3) is 0.238. The summed E-state index contributed by atoms with van der Waals surface area (Å²) in [6, 6.07) is 11.0. The lowest BCUT2D eigenvalue weighted by atomic mass is 10.00. The van der Waals surface area contributed by atoms with Gasteiger partial charge < -0.3 is 25.0 Å². The van der Waals surface area contributed by atoms with Crippen LogP contribution in [0.2, 0.25) is 0 Å². The average Bonchev–Trinajstić information content (AvgIpc) is 2.68. The molecule has 0 amide bonds. The first-order chi connectivity index (χ1) is 13.5. The SMILES string of the molecule is CCCCOC1Oc2ccccc2C(=O)C1=CNc1ccc(O)c(C(=O)O)c1. The molecule has 3 N–H and O–H groups in total. The highest BCUT2D eigenvalue weighted by atomic mass is 16.7. The standard InChI is InChI=1S/C21H21NO6/c1-2-3-10-27-21-16(19(24)14-6-4-5-7-18(14)28-21)12-22-13-8-9-17(23)15(11-13)20(25)26/h4-9,11-12,21-23H,2-3,10H2,1H3,(H,25,26). The summed E-state index contributed by atoms with van der Waals surface area (Å²) in [5.74, 6) is -1.35. The van der Waals surface area contributed by atoms with Crippen molar-refractivity contribution in [3.8, 4) is 11.5 Å². The van der Waals surface area contributed by atoms with Crippen LogP contribution in [0.15, 0.2) is 54.2 Å². The number of aromatic carboxylic acids is 1. The van der Waals surface area contributed by atoms with Crippen LogP contribution >= 0.6 is 0 Å². The molecule has 28 heavy (non-hydrogen) atoms. The zero-order valence-corrected chi connectivity index (χ0v) is 15.3. The van der Waals surface area contributed by atoms with Crippen LogP contribution < -0.4 is 10.1 Å². The topological polar surface area (TPSA) is 105 Å². The van der Waals surface area contributed by atoms with Gasteiger partial charge in [-0.3, -0.25) is 4.79 Å². The number of phenols is 1. The molecule has 3 rings (SSSR count). The number of fused-ring (bicyclic) bond motifs is 1. The molecule has 2 aromatic rings. The van der Waals surface area contributed by atoms with Crippen molar-refractivity contribution < 1.29 is 29.3 Å². The Hall–Kier alpha value is -3.32. The Balaban J connectivity index is 1.88. The van der Waals surface area contributed by atoms with Crippen molar-refractivity contribution in [2.45, 2.75) is 26.1 Å². The predicted octanol–water partition coefficient (Wildman–Crippen LogP) is 3.80. The highest BCUT2D eigenvalue weighted by Crippen LogP contribution is 2.31. The van der Waals surface area contributed by atoms with E-state index in [0.717, 1.165) is 12.8 Å². The van der Waals surface area contributed by atoms with Gasteiger partial charge >= 0.3 is 5.97 Å². The summed E-state index contributed by atoms with van der Waals surface area (Å²) in [5, 5.41) is 21.6. The monoisotopic (exact) mass is 383 g/mol. The molecule has 7 nitrogen and oxygen atoms in total. The largest absolute Gasteiger partial charge is 0.507 e. The maximum Gasteiger partial charge on any atom is 0.339 e. The first-order valence-electron chi connectivity index (χ1n) is 8.96. The number of unbranched alkanes of at least 4 members (excludes halogenated alkanes) is 1. The zero-order valence-electron chi connectivity index (χ0n) is 15.3. The van der Waals surface area contributed by atoms with E-state index >= 15 is 0 Å². The van der Waals surface area contributed by atoms with Gasteiger partial charge in [-0.05, 0) is 36.8 Å². The Labute approximate surface area is 162 Å². The van der Waals surface area contributed by atoms with E-state index < -0.39 is 12.3 Å². The van der Waals surface area contributed by atoms with Crippen molar-refractivity contribution in [1.29, 1.82) is 0 Å². The molecule has 0 saturated heterocycles. The number of carbonyl (C=O) groups excluding carboxylic acids is 1. The van der Waals surface area contributed by atoms with Crippen molar-refractivity contribution in [3.05, 3.63) is 65.4 Å². The van der Waals surface area contributed by atoms with Gasteiger partial charge in [-0.15, -0.1) is 0 Å². The average molecular weight is 383 g/mol. The van der Waals surface area contributed by atoms with Gasteiger partial charge in [0.15, 0.2) is 5.78 Å². The molecule has 0 fully saturated rings. The molecular formula is C21H21NO6. The normalized spacial score (nSPS) is 17.1. The third-order valence-electron chi connectivity index (χ3n) is 4.27. The van der Waals surface area contributed by atoms with E-state index in [1.165, 1.54) is 24.4 Å². The summed E-state index contributed by atoms with van der Waals surface area (Å²) in [4.78, 5) is 24.1. The van der Waals surface area contributed by atoms with Crippen LogP contribution in [0.4, 0.5) is 5.69 Å². The Morgan fingerprint density at radius 3 is 2.82 bits per heavy atom. The number of ether oxygens (including phenoxy) is 2. The number of hydrogen-bond acceptors (Lipinski definition) is 6. The first-order valence-corrected chi connectivity index (χ1v) is 8.96. The van der Waals surface area contributed by atoms with Crippen molar-refractivity contribution >= 4 is 17.4 Å². The van der Waals surface area contributed by atoms with E-state index in [2.05, 4.69) is 5.32 Å². The van der Waals surface area contributed by atoms with E-state index in [1.54, 1.807) is 24.3 Å². The molecule has 0 radical (unpaired) electrons. The molecule has 1 unspecified atom stereocenters. The molecule has 2 aromatic carbocycles. The first kappa shape index (κ1) is 19.4. The highest BCUT2D eigenvalue weighted by molar-refractivity contribution is 6.12. The summed E-state index contributed by atoms with van der Waals surface area (Å²) >= 11 is 0. The molecule has 0 bridgehead atoms. The summed E-state index contributed by atoms with van der Waals surface area (Å²) in [6.45, 7) is 2.48. The van der Waals surface area contributed by atoms with Crippen molar-refractivity contribution in [1.82, 2.24) is 0 Å². The third-order valence-corrected chi connectivity index (χ3v) is 4.27. The smallest absolute Gasteiger partial charge is 0.339 e. The minimum atomic E-state index is -1.25. The number of carboxylic acid groups (broad SMARTS) is 1. The number of carboxylic acids is 1. The van der Waals surface area contributed by atoms with Crippen LogP contribution in [-0.2, 0) is 4.74 Å². The van der Waals surface area contributed by atoms with Crippen LogP contribution in [0.25, 0.3) is 0 Å².